The fraction of sp³-hybridized carbons (Fsp3) is 0.611. The van der Waals surface area contributed by atoms with Gasteiger partial charge < -0.3 is 14.4 Å². The van der Waals surface area contributed by atoms with Crippen molar-refractivity contribution in [3.05, 3.63) is 35.5 Å². The summed E-state index contributed by atoms with van der Waals surface area (Å²) in [5.41, 5.74) is 2.28. The highest BCUT2D eigenvalue weighted by Gasteiger charge is 2.31. The van der Waals surface area contributed by atoms with Crippen molar-refractivity contribution in [3.63, 3.8) is 0 Å². The Balaban J connectivity index is 1.65. The summed E-state index contributed by atoms with van der Waals surface area (Å²) in [4.78, 5) is 11.9. The van der Waals surface area contributed by atoms with Crippen molar-refractivity contribution in [2.45, 2.75) is 44.4 Å². The smallest absolute Gasteiger partial charge is 0.156 e. The highest BCUT2D eigenvalue weighted by atomic mass is 16.5. The van der Waals surface area contributed by atoms with E-state index in [0.717, 1.165) is 43.5 Å². The molecular formula is C18H25N5O2. The van der Waals surface area contributed by atoms with Crippen molar-refractivity contribution in [2.24, 2.45) is 7.05 Å². The van der Waals surface area contributed by atoms with Crippen LogP contribution in [0.25, 0.3) is 0 Å². The number of nitrogens with zero attached hydrogens (tertiary/aromatic N) is 5. The minimum Gasteiger partial charge on any atom is -0.381 e. The lowest BCUT2D eigenvalue weighted by molar-refractivity contribution is 0.177. The van der Waals surface area contributed by atoms with E-state index in [4.69, 9.17) is 19.4 Å². The molecule has 0 N–H and O–H groups in total. The maximum atomic E-state index is 5.55. The van der Waals surface area contributed by atoms with Crippen LogP contribution in [0, 0.1) is 0 Å². The molecule has 1 saturated carbocycles. The number of hydrogen-bond acceptors (Lipinski definition) is 6. The Morgan fingerprint density at radius 3 is 2.84 bits per heavy atom. The van der Waals surface area contributed by atoms with Crippen molar-refractivity contribution in [3.8, 4) is 0 Å². The summed E-state index contributed by atoms with van der Waals surface area (Å²) in [7, 11) is 3.63. The fourth-order valence-electron chi connectivity index (χ4n) is 3.35. The molecule has 25 heavy (non-hydrogen) atoms. The molecule has 0 bridgehead atoms. The molecule has 0 unspecified atom stereocenters. The second-order valence-corrected chi connectivity index (χ2v) is 6.94. The van der Waals surface area contributed by atoms with E-state index in [0.29, 0.717) is 18.6 Å². The van der Waals surface area contributed by atoms with Crippen LogP contribution >= 0.6 is 0 Å². The third kappa shape index (κ3) is 3.82. The van der Waals surface area contributed by atoms with E-state index in [-0.39, 0.29) is 0 Å². The van der Waals surface area contributed by atoms with Crippen LogP contribution in [0.15, 0.2) is 18.5 Å². The maximum Gasteiger partial charge on any atom is 0.156 e. The third-order valence-electron chi connectivity index (χ3n) is 4.79. The van der Waals surface area contributed by atoms with Gasteiger partial charge in [0.05, 0.1) is 18.5 Å². The molecule has 134 valence electrons. The zero-order valence-electron chi connectivity index (χ0n) is 14.9. The van der Waals surface area contributed by atoms with Gasteiger partial charge in [0.1, 0.15) is 12.4 Å². The van der Waals surface area contributed by atoms with Gasteiger partial charge in [-0.25, -0.2) is 9.97 Å². The number of ether oxygens (including phenoxy) is 2. The normalized spacial score (nSPS) is 20.2. The summed E-state index contributed by atoms with van der Waals surface area (Å²) in [5.74, 6) is 2.10. The molecule has 1 atom stereocenters. The van der Waals surface area contributed by atoms with E-state index in [1.54, 1.807) is 7.11 Å². The lowest BCUT2D eigenvalue weighted by Crippen LogP contribution is -2.27. The van der Waals surface area contributed by atoms with E-state index >= 15 is 0 Å². The first-order valence-electron chi connectivity index (χ1n) is 8.91. The molecule has 2 fully saturated rings. The number of hydrogen-bond donors (Lipinski definition) is 0. The highest BCUT2D eigenvalue weighted by Crippen LogP contribution is 2.34. The van der Waals surface area contributed by atoms with Gasteiger partial charge in [0.2, 0.25) is 0 Å². The number of rotatable bonds is 7. The van der Waals surface area contributed by atoms with E-state index in [1.807, 2.05) is 17.9 Å². The van der Waals surface area contributed by atoms with Crippen LogP contribution in [-0.2, 0) is 29.7 Å². The average Bonchev–Trinajstić information content (AvgIpc) is 3.13. The summed E-state index contributed by atoms with van der Waals surface area (Å²) >= 11 is 0. The number of aromatic nitrogens is 4. The van der Waals surface area contributed by atoms with E-state index in [2.05, 4.69) is 22.3 Å². The second kappa shape index (κ2) is 7.09. The van der Waals surface area contributed by atoms with E-state index in [9.17, 15) is 0 Å². The Morgan fingerprint density at radius 1 is 1.32 bits per heavy atom. The van der Waals surface area contributed by atoms with Crippen LogP contribution in [0.4, 0.5) is 5.82 Å². The zero-order valence-corrected chi connectivity index (χ0v) is 14.9. The van der Waals surface area contributed by atoms with Gasteiger partial charge in [-0.3, -0.25) is 4.68 Å². The molecule has 2 aliphatic rings. The van der Waals surface area contributed by atoms with Gasteiger partial charge >= 0.3 is 0 Å². The molecule has 7 nitrogen and oxygen atoms in total. The number of methoxy groups -OCH3 is 1. The van der Waals surface area contributed by atoms with Crippen LogP contribution in [-0.4, -0.2) is 46.1 Å². The average molecular weight is 343 g/mol. The zero-order chi connectivity index (χ0) is 17.2. The first kappa shape index (κ1) is 16.5. The molecule has 2 aromatic rings. The van der Waals surface area contributed by atoms with Gasteiger partial charge in [-0.05, 0) is 19.3 Å². The Bertz CT molecular complexity index is 722. The lowest BCUT2D eigenvalue weighted by Gasteiger charge is -2.24. The largest absolute Gasteiger partial charge is 0.381 e. The van der Waals surface area contributed by atoms with Gasteiger partial charge in [0, 0.05) is 57.1 Å². The third-order valence-corrected chi connectivity index (χ3v) is 4.79. The van der Waals surface area contributed by atoms with E-state index < -0.39 is 0 Å². The molecule has 0 aromatic carbocycles. The van der Waals surface area contributed by atoms with Gasteiger partial charge in [0.15, 0.2) is 5.82 Å². The summed E-state index contributed by atoms with van der Waals surface area (Å²) in [6.07, 6.45) is 7.45. The molecule has 1 aliphatic carbocycles. The van der Waals surface area contributed by atoms with Crippen molar-refractivity contribution >= 4 is 5.82 Å². The Hall–Kier alpha value is -1.99. The maximum absolute atomic E-state index is 5.55. The highest BCUT2D eigenvalue weighted by molar-refractivity contribution is 5.44. The summed E-state index contributed by atoms with van der Waals surface area (Å²) < 4.78 is 12.7. The number of aryl methyl sites for hydroxylation is 1. The first-order valence-corrected chi connectivity index (χ1v) is 8.91. The minimum absolute atomic E-state index is 0.358. The van der Waals surface area contributed by atoms with Crippen LogP contribution in [0.1, 0.15) is 42.3 Å². The topological polar surface area (TPSA) is 65.3 Å². The van der Waals surface area contributed by atoms with Crippen molar-refractivity contribution < 1.29 is 9.47 Å². The van der Waals surface area contributed by atoms with Crippen molar-refractivity contribution in [1.29, 1.82) is 0 Å². The monoisotopic (exact) mass is 343 g/mol. The minimum atomic E-state index is 0.358. The van der Waals surface area contributed by atoms with Crippen LogP contribution in [0.3, 0.4) is 0 Å². The van der Waals surface area contributed by atoms with Gasteiger partial charge in [-0.2, -0.15) is 5.10 Å². The summed E-state index contributed by atoms with van der Waals surface area (Å²) in [6.45, 7) is 2.81. The second-order valence-electron chi connectivity index (χ2n) is 6.94. The SMILES string of the molecule is COCc1nc([C@@H]2CCOC2)cc(N(Cc2cnn(C)c2)C2CC2)n1. The molecular weight excluding hydrogens is 318 g/mol. The van der Waals surface area contributed by atoms with Crippen LogP contribution < -0.4 is 4.90 Å². The molecule has 3 heterocycles. The Morgan fingerprint density at radius 2 is 2.20 bits per heavy atom. The molecule has 2 aromatic heterocycles. The molecule has 4 rings (SSSR count). The Kier molecular flexibility index (Phi) is 4.67. The predicted molar refractivity (Wildman–Crippen MR) is 93.3 cm³/mol. The van der Waals surface area contributed by atoms with Crippen molar-refractivity contribution in [2.75, 3.05) is 25.2 Å². The molecule has 0 radical (unpaired) electrons. The van der Waals surface area contributed by atoms with Gasteiger partial charge in [-0.1, -0.05) is 0 Å². The molecule has 1 aliphatic heterocycles. The molecule has 1 saturated heterocycles. The quantitative estimate of drug-likeness (QED) is 0.766. The molecule has 0 amide bonds. The molecule has 0 spiro atoms. The summed E-state index contributed by atoms with van der Waals surface area (Å²) in [5, 5.41) is 4.29. The first-order chi connectivity index (χ1) is 12.2. The van der Waals surface area contributed by atoms with Gasteiger partial charge in [-0.15, -0.1) is 0 Å². The standard InChI is InChI=1S/C18H25N5O2/c1-22-9-13(8-19-22)10-23(15-3-4-15)18-7-16(14-5-6-25-11-14)20-17(21-18)12-24-2/h7-9,14-15H,3-6,10-12H2,1-2H3/t14-/m1/s1. The summed E-state index contributed by atoms with van der Waals surface area (Å²) in [6, 6.07) is 2.70. The Labute approximate surface area is 148 Å². The van der Waals surface area contributed by atoms with Crippen LogP contribution in [0.5, 0.6) is 0 Å². The molecule has 7 heteroatoms. The van der Waals surface area contributed by atoms with Crippen molar-refractivity contribution in [1.82, 2.24) is 19.7 Å². The van der Waals surface area contributed by atoms with E-state index in [1.165, 1.54) is 18.4 Å². The number of anilines is 1. The lowest BCUT2D eigenvalue weighted by atomic mass is 10.0. The van der Waals surface area contributed by atoms with Crippen LogP contribution in [0.2, 0.25) is 0 Å². The predicted octanol–water partition coefficient (Wildman–Crippen LogP) is 2.03. The van der Waals surface area contributed by atoms with Gasteiger partial charge in [0.25, 0.3) is 0 Å². The fourth-order valence-corrected chi connectivity index (χ4v) is 3.35.